The second kappa shape index (κ2) is 8.12. The van der Waals surface area contributed by atoms with Crippen molar-refractivity contribution in [2.24, 2.45) is 0 Å². The van der Waals surface area contributed by atoms with Crippen LogP contribution in [0.2, 0.25) is 0 Å². The molecule has 0 spiro atoms. The van der Waals surface area contributed by atoms with E-state index in [2.05, 4.69) is 44.8 Å². The first kappa shape index (κ1) is 14.9. The normalized spacial score (nSPS) is 12.4. The van der Waals surface area contributed by atoms with Crippen LogP contribution < -0.4 is 5.32 Å². The van der Waals surface area contributed by atoms with Crippen LogP contribution >= 0.6 is 0 Å². The maximum atomic E-state index is 3.53. The Morgan fingerprint density at radius 3 is 2.13 bits per heavy atom. The summed E-state index contributed by atoms with van der Waals surface area (Å²) in [5.74, 6) is 0. The third kappa shape index (κ3) is 10.2. The SMILES string of the molecule is CCCN(CC)CCCCNC(C)(C)C. The predicted octanol–water partition coefficient (Wildman–Crippen LogP) is 2.89. The zero-order valence-electron chi connectivity index (χ0n) is 11.4. The van der Waals surface area contributed by atoms with Gasteiger partial charge < -0.3 is 10.2 Å². The van der Waals surface area contributed by atoms with Crippen molar-refractivity contribution in [2.45, 2.75) is 59.4 Å². The van der Waals surface area contributed by atoms with E-state index in [0.717, 1.165) is 6.54 Å². The predicted molar refractivity (Wildman–Crippen MR) is 69.4 cm³/mol. The van der Waals surface area contributed by atoms with Crippen molar-refractivity contribution >= 4 is 0 Å². The minimum atomic E-state index is 0.272. The van der Waals surface area contributed by atoms with Gasteiger partial charge in [-0.3, -0.25) is 0 Å². The fourth-order valence-electron chi connectivity index (χ4n) is 1.67. The van der Waals surface area contributed by atoms with Crippen molar-refractivity contribution < 1.29 is 0 Å². The lowest BCUT2D eigenvalue weighted by Gasteiger charge is -2.22. The van der Waals surface area contributed by atoms with Gasteiger partial charge in [0.1, 0.15) is 0 Å². The summed E-state index contributed by atoms with van der Waals surface area (Å²) in [5, 5.41) is 3.53. The van der Waals surface area contributed by atoms with E-state index in [1.807, 2.05) is 0 Å². The smallest absolute Gasteiger partial charge is 0.00965 e. The van der Waals surface area contributed by atoms with E-state index in [9.17, 15) is 0 Å². The highest BCUT2D eigenvalue weighted by atomic mass is 15.1. The Kier molecular flexibility index (Phi) is 8.07. The molecule has 2 nitrogen and oxygen atoms in total. The summed E-state index contributed by atoms with van der Waals surface area (Å²) < 4.78 is 0. The van der Waals surface area contributed by atoms with Crippen molar-refractivity contribution in [3.8, 4) is 0 Å². The van der Waals surface area contributed by atoms with E-state index in [4.69, 9.17) is 0 Å². The average molecular weight is 214 g/mol. The maximum absolute atomic E-state index is 3.53. The lowest BCUT2D eigenvalue weighted by molar-refractivity contribution is 0.279. The molecule has 0 heterocycles. The standard InChI is InChI=1S/C13H30N2/c1-6-11-15(7-2)12-9-8-10-14-13(3,4)5/h14H,6-12H2,1-5H3. The van der Waals surface area contributed by atoms with Crippen LogP contribution in [-0.4, -0.2) is 36.6 Å². The molecule has 0 bridgehead atoms. The molecule has 0 aromatic heterocycles. The molecule has 92 valence electrons. The number of unbranched alkanes of at least 4 members (excludes halogenated alkanes) is 1. The molecule has 0 aromatic carbocycles. The molecule has 0 aromatic rings. The third-order valence-electron chi connectivity index (χ3n) is 2.54. The number of nitrogens with one attached hydrogen (secondary N) is 1. The molecular formula is C13H30N2. The second-order valence-electron chi connectivity index (χ2n) is 5.32. The Morgan fingerprint density at radius 1 is 1.00 bits per heavy atom. The van der Waals surface area contributed by atoms with Crippen LogP contribution in [0.3, 0.4) is 0 Å². The summed E-state index contributed by atoms with van der Waals surface area (Å²) in [6, 6.07) is 0. The first-order chi connectivity index (χ1) is 6.99. The van der Waals surface area contributed by atoms with Crippen molar-refractivity contribution in [2.75, 3.05) is 26.2 Å². The lowest BCUT2D eigenvalue weighted by atomic mass is 10.1. The summed E-state index contributed by atoms with van der Waals surface area (Å²) >= 11 is 0. The van der Waals surface area contributed by atoms with Gasteiger partial charge in [0.25, 0.3) is 0 Å². The molecule has 0 atom stereocenters. The van der Waals surface area contributed by atoms with E-state index in [-0.39, 0.29) is 5.54 Å². The number of nitrogens with zero attached hydrogens (tertiary/aromatic N) is 1. The Morgan fingerprint density at radius 2 is 1.67 bits per heavy atom. The van der Waals surface area contributed by atoms with Crippen molar-refractivity contribution in [3.63, 3.8) is 0 Å². The highest BCUT2D eigenvalue weighted by molar-refractivity contribution is 4.69. The van der Waals surface area contributed by atoms with Gasteiger partial charge in [-0.25, -0.2) is 0 Å². The van der Waals surface area contributed by atoms with Crippen LogP contribution in [0.5, 0.6) is 0 Å². The summed E-state index contributed by atoms with van der Waals surface area (Å²) in [4.78, 5) is 2.54. The number of rotatable bonds is 8. The van der Waals surface area contributed by atoms with Crippen molar-refractivity contribution in [1.82, 2.24) is 10.2 Å². The number of hydrogen-bond donors (Lipinski definition) is 1. The van der Waals surface area contributed by atoms with E-state index in [1.165, 1.54) is 38.9 Å². The zero-order chi connectivity index (χ0) is 11.7. The molecule has 0 amide bonds. The lowest BCUT2D eigenvalue weighted by Crippen LogP contribution is -2.36. The van der Waals surface area contributed by atoms with E-state index in [0.29, 0.717) is 0 Å². The summed E-state index contributed by atoms with van der Waals surface area (Å²) in [7, 11) is 0. The Labute approximate surface area is 96.4 Å². The third-order valence-corrected chi connectivity index (χ3v) is 2.54. The van der Waals surface area contributed by atoms with Crippen LogP contribution in [0.1, 0.15) is 53.9 Å². The van der Waals surface area contributed by atoms with Gasteiger partial charge in [-0.15, -0.1) is 0 Å². The fraction of sp³-hybridized carbons (Fsp3) is 1.00. The van der Waals surface area contributed by atoms with Gasteiger partial charge in [0.05, 0.1) is 0 Å². The van der Waals surface area contributed by atoms with Gasteiger partial charge in [0.2, 0.25) is 0 Å². The van der Waals surface area contributed by atoms with Gasteiger partial charge in [-0.05, 0) is 66.2 Å². The van der Waals surface area contributed by atoms with Gasteiger partial charge >= 0.3 is 0 Å². The molecule has 0 saturated heterocycles. The molecule has 0 rings (SSSR count). The van der Waals surface area contributed by atoms with Gasteiger partial charge in [0.15, 0.2) is 0 Å². The zero-order valence-corrected chi connectivity index (χ0v) is 11.4. The summed E-state index contributed by atoms with van der Waals surface area (Å²) in [6.07, 6.45) is 3.88. The van der Waals surface area contributed by atoms with E-state index >= 15 is 0 Å². The Hall–Kier alpha value is -0.0800. The second-order valence-corrected chi connectivity index (χ2v) is 5.32. The van der Waals surface area contributed by atoms with E-state index in [1.54, 1.807) is 0 Å². The van der Waals surface area contributed by atoms with Crippen LogP contribution in [-0.2, 0) is 0 Å². The molecule has 0 fully saturated rings. The van der Waals surface area contributed by atoms with Gasteiger partial charge in [-0.2, -0.15) is 0 Å². The van der Waals surface area contributed by atoms with Gasteiger partial charge in [-0.1, -0.05) is 13.8 Å². The quantitative estimate of drug-likeness (QED) is 0.625. The maximum Gasteiger partial charge on any atom is 0.00965 e. The monoisotopic (exact) mass is 214 g/mol. The van der Waals surface area contributed by atoms with Crippen LogP contribution in [0.4, 0.5) is 0 Å². The summed E-state index contributed by atoms with van der Waals surface area (Å²) in [5.41, 5.74) is 0.272. The molecule has 0 aliphatic rings. The molecule has 0 unspecified atom stereocenters. The topological polar surface area (TPSA) is 15.3 Å². The molecular weight excluding hydrogens is 184 g/mol. The Bertz CT molecular complexity index is 138. The van der Waals surface area contributed by atoms with Crippen molar-refractivity contribution in [1.29, 1.82) is 0 Å². The minimum absolute atomic E-state index is 0.272. The van der Waals surface area contributed by atoms with Gasteiger partial charge in [0, 0.05) is 5.54 Å². The first-order valence-electron chi connectivity index (χ1n) is 6.47. The highest BCUT2D eigenvalue weighted by Crippen LogP contribution is 2.00. The molecule has 2 heteroatoms. The van der Waals surface area contributed by atoms with Crippen molar-refractivity contribution in [3.05, 3.63) is 0 Å². The van der Waals surface area contributed by atoms with Crippen LogP contribution in [0, 0.1) is 0 Å². The minimum Gasteiger partial charge on any atom is -0.312 e. The van der Waals surface area contributed by atoms with Crippen LogP contribution in [0.15, 0.2) is 0 Å². The Balaban J connectivity index is 3.36. The molecule has 15 heavy (non-hydrogen) atoms. The number of hydrogen-bond acceptors (Lipinski definition) is 2. The van der Waals surface area contributed by atoms with E-state index < -0.39 is 0 Å². The summed E-state index contributed by atoms with van der Waals surface area (Å²) in [6.45, 7) is 16.0. The molecule has 0 aliphatic heterocycles. The molecule has 0 aliphatic carbocycles. The molecule has 0 saturated carbocycles. The average Bonchev–Trinajstić information content (AvgIpc) is 2.14. The fourth-order valence-corrected chi connectivity index (χ4v) is 1.67. The molecule has 1 N–H and O–H groups in total. The largest absolute Gasteiger partial charge is 0.312 e. The molecule has 0 radical (unpaired) electrons. The van der Waals surface area contributed by atoms with Crippen LogP contribution in [0.25, 0.3) is 0 Å². The first-order valence-corrected chi connectivity index (χ1v) is 6.47. The highest BCUT2D eigenvalue weighted by Gasteiger charge is 2.07.